The van der Waals surface area contributed by atoms with E-state index in [4.69, 9.17) is 10.2 Å². The number of hydrogen-bond donors (Lipinski definition) is 4. The van der Waals surface area contributed by atoms with E-state index in [0.717, 1.165) is 5.56 Å². The number of hydrogen-bond acceptors (Lipinski definition) is 4. The molecule has 0 aliphatic carbocycles. The first-order valence-corrected chi connectivity index (χ1v) is 5.85. The third kappa shape index (κ3) is 5.38. The molecular formula is C11H16N4O5. The van der Waals surface area contributed by atoms with Gasteiger partial charge in [-0.3, -0.25) is 9.48 Å². The van der Waals surface area contributed by atoms with Gasteiger partial charge in [-0.05, 0) is 12.0 Å². The van der Waals surface area contributed by atoms with Crippen LogP contribution in [-0.4, -0.2) is 50.5 Å². The Morgan fingerprint density at radius 2 is 2.10 bits per heavy atom. The average molecular weight is 284 g/mol. The molecule has 0 aliphatic rings. The fourth-order valence-electron chi connectivity index (χ4n) is 1.51. The zero-order chi connectivity index (χ0) is 15.1. The fourth-order valence-corrected chi connectivity index (χ4v) is 1.51. The molecule has 0 radical (unpaired) electrons. The maximum Gasteiger partial charge on any atom is 0.326 e. The average Bonchev–Trinajstić information content (AvgIpc) is 2.73. The van der Waals surface area contributed by atoms with Crippen LogP contribution in [-0.2, 0) is 23.1 Å². The molecule has 9 nitrogen and oxygen atoms in total. The van der Waals surface area contributed by atoms with Crippen molar-refractivity contribution in [2.75, 3.05) is 6.54 Å². The second-order valence-electron chi connectivity index (χ2n) is 4.16. The lowest BCUT2D eigenvalue weighted by molar-refractivity contribution is -0.145. The number of nitrogens with zero attached hydrogens (tertiary/aromatic N) is 2. The number of urea groups is 1. The Hall–Kier alpha value is -2.58. The highest BCUT2D eigenvalue weighted by Gasteiger charge is 2.22. The predicted octanol–water partition coefficient (Wildman–Crippen LogP) is -0.810. The molecule has 1 aromatic heterocycles. The molecule has 1 aromatic rings. The number of nitrogens with one attached hydrogen (secondary N) is 2. The third-order valence-corrected chi connectivity index (χ3v) is 2.44. The first-order valence-electron chi connectivity index (χ1n) is 5.85. The SMILES string of the molecule is Cn1cc(CCNC(=O)NC(CC(=O)O)C(=O)O)cn1. The minimum atomic E-state index is -1.45. The quantitative estimate of drug-likeness (QED) is 0.517. The zero-order valence-corrected chi connectivity index (χ0v) is 10.9. The molecule has 1 rings (SSSR count). The molecule has 0 saturated heterocycles. The van der Waals surface area contributed by atoms with E-state index in [1.807, 2.05) is 0 Å². The molecule has 0 bridgehead atoms. The van der Waals surface area contributed by atoms with Crippen LogP contribution in [0.5, 0.6) is 0 Å². The van der Waals surface area contributed by atoms with Gasteiger partial charge in [0.05, 0.1) is 12.6 Å². The van der Waals surface area contributed by atoms with Gasteiger partial charge in [0.2, 0.25) is 0 Å². The van der Waals surface area contributed by atoms with Crippen molar-refractivity contribution in [3.05, 3.63) is 18.0 Å². The summed E-state index contributed by atoms with van der Waals surface area (Å²) < 4.78 is 1.63. The predicted molar refractivity (Wildman–Crippen MR) is 67.1 cm³/mol. The van der Waals surface area contributed by atoms with Crippen molar-refractivity contribution in [1.82, 2.24) is 20.4 Å². The zero-order valence-electron chi connectivity index (χ0n) is 10.9. The molecule has 110 valence electrons. The topological polar surface area (TPSA) is 134 Å². The molecule has 2 amide bonds. The van der Waals surface area contributed by atoms with Gasteiger partial charge in [0.1, 0.15) is 6.04 Å². The largest absolute Gasteiger partial charge is 0.481 e. The van der Waals surface area contributed by atoms with Crippen molar-refractivity contribution in [2.45, 2.75) is 18.9 Å². The molecule has 0 saturated carbocycles. The Kier molecular flexibility index (Phi) is 5.51. The highest BCUT2D eigenvalue weighted by molar-refractivity contribution is 5.86. The van der Waals surface area contributed by atoms with Gasteiger partial charge in [0.15, 0.2) is 0 Å². The summed E-state index contributed by atoms with van der Waals surface area (Å²) in [4.78, 5) is 32.6. The summed E-state index contributed by atoms with van der Waals surface area (Å²) >= 11 is 0. The van der Waals surface area contributed by atoms with E-state index in [0.29, 0.717) is 6.42 Å². The Bertz CT molecular complexity index is 499. The molecule has 4 N–H and O–H groups in total. The molecule has 20 heavy (non-hydrogen) atoms. The lowest BCUT2D eigenvalue weighted by Crippen LogP contribution is -2.47. The summed E-state index contributed by atoms with van der Waals surface area (Å²) in [5.74, 6) is -2.69. The van der Waals surface area contributed by atoms with Gasteiger partial charge in [0, 0.05) is 19.8 Å². The molecule has 0 aliphatic heterocycles. The number of aliphatic carboxylic acids is 2. The van der Waals surface area contributed by atoms with E-state index >= 15 is 0 Å². The molecule has 1 heterocycles. The van der Waals surface area contributed by atoms with Crippen LogP contribution in [0.15, 0.2) is 12.4 Å². The van der Waals surface area contributed by atoms with E-state index in [-0.39, 0.29) is 6.54 Å². The molecular weight excluding hydrogens is 268 g/mol. The first kappa shape index (κ1) is 15.5. The van der Waals surface area contributed by atoms with Crippen LogP contribution in [0.4, 0.5) is 4.79 Å². The van der Waals surface area contributed by atoms with Crippen molar-refractivity contribution in [3.63, 3.8) is 0 Å². The van der Waals surface area contributed by atoms with Crippen LogP contribution in [0.25, 0.3) is 0 Å². The molecule has 1 unspecified atom stereocenters. The van der Waals surface area contributed by atoms with Gasteiger partial charge in [-0.25, -0.2) is 9.59 Å². The van der Waals surface area contributed by atoms with Crippen molar-refractivity contribution in [1.29, 1.82) is 0 Å². The van der Waals surface area contributed by atoms with Gasteiger partial charge in [-0.1, -0.05) is 0 Å². The van der Waals surface area contributed by atoms with Crippen molar-refractivity contribution >= 4 is 18.0 Å². The number of carboxylic acids is 2. The highest BCUT2D eigenvalue weighted by Crippen LogP contribution is 1.96. The van der Waals surface area contributed by atoms with E-state index in [2.05, 4.69) is 15.7 Å². The summed E-state index contributed by atoms with van der Waals surface area (Å²) in [5.41, 5.74) is 0.924. The molecule has 0 aromatic carbocycles. The van der Waals surface area contributed by atoms with Crippen LogP contribution in [0.2, 0.25) is 0 Å². The fraction of sp³-hybridized carbons (Fsp3) is 0.455. The number of amides is 2. The monoisotopic (exact) mass is 284 g/mol. The Labute approximate surface area is 114 Å². The Morgan fingerprint density at radius 3 is 2.60 bits per heavy atom. The van der Waals surface area contributed by atoms with Gasteiger partial charge in [-0.15, -0.1) is 0 Å². The molecule has 9 heteroatoms. The maximum atomic E-state index is 11.4. The number of carboxylic acid groups (broad SMARTS) is 2. The van der Waals surface area contributed by atoms with Crippen LogP contribution in [0.1, 0.15) is 12.0 Å². The van der Waals surface area contributed by atoms with Crippen molar-refractivity contribution in [3.8, 4) is 0 Å². The summed E-state index contributed by atoms with van der Waals surface area (Å²) in [7, 11) is 1.77. The number of aromatic nitrogens is 2. The smallest absolute Gasteiger partial charge is 0.326 e. The van der Waals surface area contributed by atoms with Crippen LogP contribution in [0.3, 0.4) is 0 Å². The van der Waals surface area contributed by atoms with Crippen LogP contribution in [0, 0.1) is 0 Å². The van der Waals surface area contributed by atoms with E-state index in [9.17, 15) is 14.4 Å². The molecule has 1 atom stereocenters. The lowest BCUT2D eigenvalue weighted by Gasteiger charge is -2.13. The number of carbonyl (C=O) groups is 3. The van der Waals surface area contributed by atoms with Gasteiger partial charge in [-0.2, -0.15) is 5.10 Å². The molecule has 0 spiro atoms. The van der Waals surface area contributed by atoms with Crippen molar-refractivity contribution < 1.29 is 24.6 Å². The second-order valence-corrected chi connectivity index (χ2v) is 4.16. The summed E-state index contributed by atoms with van der Waals surface area (Å²) in [6.07, 6.45) is 3.32. The highest BCUT2D eigenvalue weighted by atomic mass is 16.4. The number of carbonyl (C=O) groups excluding carboxylic acids is 1. The van der Waals surface area contributed by atoms with Gasteiger partial charge < -0.3 is 20.8 Å². The Morgan fingerprint density at radius 1 is 1.40 bits per heavy atom. The van der Waals surface area contributed by atoms with E-state index in [1.54, 1.807) is 24.1 Å². The van der Waals surface area contributed by atoms with Gasteiger partial charge >= 0.3 is 18.0 Å². The minimum Gasteiger partial charge on any atom is -0.481 e. The first-order chi connectivity index (χ1) is 9.38. The third-order valence-electron chi connectivity index (χ3n) is 2.44. The second kappa shape index (κ2) is 7.12. The summed E-state index contributed by atoms with van der Waals surface area (Å²) in [6, 6.07) is -2.17. The Balaban J connectivity index is 2.34. The van der Waals surface area contributed by atoms with Crippen LogP contribution < -0.4 is 10.6 Å². The van der Waals surface area contributed by atoms with E-state index < -0.39 is 30.4 Å². The summed E-state index contributed by atoms with van der Waals surface area (Å²) in [6.45, 7) is 0.289. The standard InChI is InChI=1S/C11H16N4O5/c1-15-6-7(5-13-15)2-3-12-11(20)14-8(10(18)19)4-9(16)17/h5-6,8H,2-4H2,1H3,(H,16,17)(H,18,19)(H2,12,14,20). The lowest BCUT2D eigenvalue weighted by atomic mass is 10.2. The maximum absolute atomic E-state index is 11.4. The number of rotatable bonds is 7. The van der Waals surface area contributed by atoms with Gasteiger partial charge in [0.25, 0.3) is 0 Å². The van der Waals surface area contributed by atoms with E-state index in [1.165, 1.54) is 0 Å². The molecule has 0 fully saturated rings. The van der Waals surface area contributed by atoms with Crippen LogP contribution >= 0.6 is 0 Å². The normalized spacial score (nSPS) is 11.7. The minimum absolute atomic E-state index is 0.289. The number of aryl methyl sites for hydroxylation is 1. The van der Waals surface area contributed by atoms with Crippen molar-refractivity contribution in [2.24, 2.45) is 7.05 Å². The summed E-state index contributed by atoms with van der Waals surface area (Å²) in [5, 5.41) is 25.8.